The number of likely N-dealkylation sites (tertiary alicyclic amines) is 1. The lowest BCUT2D eigenvalue weighted by molar-refractivity contribution is 0.259. The molecule has 1 saturated heterocycles. The zero-order valence-corrected chi connectivity index (χ0v) is 12.5. The normalized spacial score (nSPS) is 22.3. The summed E-state index contributed by atoms with van der Waals surface area (Å²) >= 11 is 0. The minimum absolute atomic E-state index is 0.466. The van der Waals surface area contributed by atoms with Crippen LogP contribution in [0.3, 0.4) is 0 Å². The fraction of sp³-hybridized carbons (Fsp3) is 0.333. The van der Waals surface area contributed by atoms with Crippen LogP contribution in [-0.4, -0.2) is 23.5 Å². The van der Waals surface area contributed by atoms with E-state index < -0.39 is 0 Å². The lowest BCUT2D eigenvalue weighted by Gasteiger charge is -2.21. The third-order valence-corrected chi connectivity index (χ3v) is 4.25. The molecule has 0 saturated carbocycles. The molecule has 2 atom stereocenters. The highest BCUT2D eigenvalue weighted by molar-refractivity contribution is 5.66. The first kappa shape index (κ1) is 14.0. The van der Waals surface area contributed by atoms with E-state index >= 15 is 0 Å². The van der Waals surface area contributed by atoms with Gasteiger partial charge in [-0.3, -0.25) is 4.90 Å². The van der Waals surface area contributed by atoms with Crippen LogP contribution in [0.2, 0.25) is 0 Å². The van der Waals surface area contributed by atoms with E-state index in [-0.39, 0.29) is 0 Å². The zero-order chi connectivity index (χ0) is 14.7. The molecule has 3 rings (SSSR count). The van der Waals surface area contributed by atoms with Gasteiger partial charge in [0.1, 0.15) is 0 Å². The summed E-state index contributed by atoms with van der Waals surface area (Å²) in [5.74, 6) is 0. The summed E-state index contributed by atoms with van der Waals surface area (Å²) < 4.78 is 0. The Morgan fingerprint density at radius 2 is 1.81 bits per heavy atom. The van der Waals surface area contributed by atoms with E-state index in [2.05, 4.69) is 53.5 Å². The van der Waals surface area contributed by atoms with Crippen molar-refractivity contribution in [3.63, 3.8) is 0 Å². The molecule has 21 heavy (non-hydrogen) atoms. The van der Waals surface area contributed by atoms with Crippen LogP contribution < -0.4 is 11.1 Å². The Balaban J connectivity index is 1.62. The zero-order valence-electron chi connectivity index (χ0n) is 12.5. The quantitative estimate of drug-likeness (QED) is 0.845. The molecule has 110 valence electrons. The Kier molecular flexibility index (Phi) is 4.11. The molecule has 2 aromatic carbocycles. The number of rotatable bonds is 4. The molecule has 0 aromatic heterocycles. The highest BCUT2D eigenvalue weighted by atomic mass is 15.2. The van der Waals surface area contributed by atoms with Gasteiger partial charge in [0.05, 0.1) is 11.4 Å². The van der Waals surface area contributed by atoms with Crippen molar-refractivity contribution in [1.29, 1.82) is 0 Å². The molecular weight excluding hydrogens is 258 g/mol. The molecule has 2 unspecified atom stereocenters. The van der Waals surface area contributed by atoms with E-state index in [0.717, 1.165) is 30.9 Å². The molecule has 3 heteroatoms. The SMILES string of the molecule is CC1CC(Nc2ccccc2N)CN1Cc1ccccc1. The summed E-state index contributed by atoms with van der Waals surface area (Å²) in [4.78, 5) is 2.53. The lowest BCUT2D eigenvalue weighted by atomic mass is 10.1. The van der Waals surface area contributed by atoms with Crippen molar-refractivity contribution >= 4 is 11.4 Å². The van der Waals surface area contributed by atoms with Gasteiger partial charge in [-0.1, -0.05) is 42.5 Å². The fourth-order valence-corrected chi connectivity index (χ4v) is 3.09. The molecule has 1 heterocycles. The first-order valence-corrected chi connectivity index (χ1v) is 7.61. The Morgan fingerprint density at radius 1 is 1.10 bits per heavy atom. The van der Waals surface area contributed by atoms with Crippen LogP contribution in [0, 0.1) is 0 Å². The maximum Gasteiger partial charge on any atom is 0.0576 e. The standard InChI is InChI=1S/C18H23N3/c1-14-11-16(20-18-10-6-5-9-17(18)19)13-21(14)12-15-7-3-2-4-8-15/h2-10,14,16,20H,11-13,19H2,1H3. The molecule has 0 amide bonds. The number of hydrogen-bond donors (Lipinski definition) is 2. The summed E-state index contributed by atoms with van der Waals surface area (Å²) in [6, 6.07) is 19.7. The van der Waals surface area contributed by atoms with Crippen molar-refractivity contribution in [2.75, 3.05) is 17.6 Å². The Bertz CT molecular complexity index is 582. The van der Waals surface area contributed by atoms with Crippen LogP contribution in [0.1, 0.15) is 18.9 Å². The number of para-hydroxylation sites is 2. The molecule has 2 aromatic rings. The smallest absolute Gasteiger partial charge is 0.0576 e. The molecule has 3 nitrogen and oxygen atoms in total. The lowest BCUT2D eigenvalue weighted by Crippen LogP contribution is -2.28. The van der Waals surface area contributed by atoms with Crippen molar-refractivity contribution in [3.8, 4) is 0 Å². The van der Waals surface area contributed by atoms with Gasteiger partial charge in [0.25, 0.3) is 0 Å². The van der Waals surface area contributed by atoms with Crippen LogP contribution in [0.5, 0.6) is 0 Å². The van der Waals surface area contributed by atoms with Gasteiger partial charge in [-0.15, -0.1) is 0 Å². The largest absolute Gasteiger partial charge is 0.397 e. The van der Waals surface area contributed by atoms with Crippen molar-refractivity contribution in [2.45, 2.75) is 32.0 Å². The summed E-state index contributed by atoms with van der Waals surface area (Å²) in [6.07, 6.45) is 1.15. The number of anilines is 2. The maximum absolute atomic E-state index is 6.02. The topological polar surface area (TPSA) is 41.3 Å². The molecule has 0 aliphatic carbocycles. The number of nitrogens with one attached hydrogen (secondary N) is 1. The Morgan fingerprint density at radius 3 is 2.57 bits per heavy atom. The van der Waals surface area contributed by atoms with Gasteiger partial charge < -0.3 is 11.1 Å². The predicted molar refractivity (Wildman–Crippen MR) is 89.2 cm³/mol. The molecule has 0 bridgehead atoms. The molecule has 0 radical (unpaired) electrons. The molecule has 3 N–H and O–H groups in total. The monoisotopic (exact) mass is 281 g/mol. The molecule has 1 aliphatic rings. The molecular formula is C18H23N3. The van der Waals surface area contributed by atoms with E-state index in [1.54, 1.807) is 0 Å². The Labute approximate surface area is 126 Å². The van der Waals surface area contributed by atoms with Crippen molar-refractivity contribution < 1.29 is 0 Å². The highest BCUT2D eigenvalue weighted by Crippen LogP contribution is 2.25. The van der Waals surface area contributed by atoms with Crippen LogP contribution in [0.4, 0.5) is 11.4 Å². The molecule has 0 spiro atoms. The van der Waals surface area contributed by atoms with E-state index in [9.17, 15) is 0 Å². The van der Waals surface area contributed by atoms with E-state index in [1.807, 2.05) is 18.2 Å². The first-order chi connectivity index (χ1) is 10.2. The highest BCUT2D eigenvalue weighted by Gasteiger charge is 2.28. The Hall–Kier alpha value is -2.00. The third-order valence-electron chi connectivity index (χ3n) is 4.25. The predicted octanol–water partition coefficient (Wildman–Crippen LogP) is 3.34. The van der Waals surface area contributed by atoms with Crippen LogP contribution in [0.25, 0.3) is 0 Å². The fourth-order valence-electron chi connectivity index (χ4n) is 3.09. The van der Waals surface area contributed by atoms with Crippen molar-refractivity contribution in [3.05, 3.63) is 60.2 Å². The second-order valence-corrected chi connectivity index (χ2v) is 5.93. The van der Waals surface area contributed by atoms with E-state index in [0.29, 0.717) is 12.1 Å². The van der Waals surface area contributed by atoms with E-state index in [1.165, 1.54) is 5.56 Å². The second-order valence-electron chi connectivity index (χ2n) is 5.93. The van der Waals surface area contributed by atoms with Crippen molar-refractivity contribution in [1.82, 2.24) is 4.90 Å². The number of nitrogens with two attached hydrogens (primary N) is 1. The van der Waals surface area contributed by atoms with Crippen LogP contribution in [0.15, 0.2) is 54.6 Å². The van der Waals surface area contributed by atoms with Crippen LogP contribution >= 0.6 is 0 Å². The minimum atomic E-state index is 0.466. The first-order valence-electron chi connectivity index (χ1n) is 7.61. The van der Waals surface area contributed by atoms with Crippen molar-refractivity contribution in [2.24, 2.45) is 0 Å². The third kappa shape index (κ3) is 3.37. The molecule has 1 aliphatic heterocycles. The summed E-state index contributed by atoms with van der Waals surface area (Å²) in [5, 5.41) is 3.59. The van der Waals surface area contributed by atoms with E-state index in [4.69, 9.17) is 5.73 Å². The number of nitrogens with zero attached hydrogens (tertiary/aromatic N) is 1. The van der Waals surface area contributed by atoms with Gasteiger partial charge in [0.2, 0.25) is 0 Å². The minimum Gasteiger partial charge on any atom is -0.397 e. The number of hydrogen-bond acceptors (Lipinski definition) is 3. The average molecular weight is 281 g/mol. The van der Waals surface area contributed by atoms with Gasteiger partial charge in [0.15, 0.2) is 0 Å². The summed E-state index contributed by atoms with van der Waals surface area (Å²) in [7, 11) is 0. The van der Waals surface area contributed by atoms with Crippen LogP contribution in [-0.2, 0) is 6.54 Å². The average Bonchev–Trinajstić information content (AvgIpc) is 2.82. The van der Waals surface area contributed by atoms with Gasteiger partial charge >= 0.3 is 0 Å². The number of benzene rings is 2. The van der Waals surface area contributed by atoms with Gasteiger partial charge in [0, 0.05) is 25.2 Å². The van der Waals surface area contributed by atoms with Gasteiger partial charge in [-0.2, -0.15) is 0 Å². The molecule has 1 fully saturated rings. The number of nitrogen functional groups attached to an aromatic ring is 1. The second kappa shape index (κ2) is 6.19. The van der Waals surface area contributed by atoms with Gasteiger partial charge in [-0.05, 0) is 31.0 Å². The van der Waals surface area contributed by atoms with Gasteiger partial charge in [-0.25, -0.2) is 0 Å². The maximum atomic E-state index is 6.02. The summed E-state index contributed by atoms with van der Waals surface area (Å²) in [5.41, 5.74) is 9.27. The summed E-state index contributed by atoms with van der Waals surface area (Å²) in [6.45, 7) is 4.38.